The lowest BCUT2D eigenvalue weighted by atomic mass is 9.94. The van der Waals surface area contributed by atoms with Crippen LogP contribution < -0.4 is 9.47 Å². The van der Waals surface area contributed by atoms with Crippen LogP contribution in [-0.4, -0.2) is 17.0 Å². The minimum atomic E-state index is -1.32. The number of fused-ring (bicyclic) bond motifs is 2. The highest BCUT2D eigenvalue weighted by molar-refractivity contribution is 5.60. The molecule has 2 aliphatic heterocycles. The molecule has 106 valence electrons. The van der Waals surface area contributed by atoms with Gasteiger partial charge in [-0.05, 0) is 30.2 Å². The molecule has 1 N–H and O–H groups in total. The number of hydrogen-bond acceptors (Lipinski definition) is 3. The summed E-state index contributed by atoms with van der Waals surface area (Å²) in [5.74, 6) is 0.196. The van der Waals surface area contributed by atoms with Crippen molar-refractivity contribution >= 4 is 6.08 Å². The van der Waals surface area contributed by atoms with Crippen LogP contribution in [0.15, 0.2) is 54.6 Å². The second-order valence-corrected chi connectivity index (χ2v) is 5.49. The summed E-state index contributed by atoms with van der Waals surface area (Å²) in [5.41, 5.74) is 2.15. The molecule has 2 aromatic carbocycles. The molecule has 2 aromatic rings. The Bertz CT molecular complexity index is 707. The van der Waals surface area contributed by atoms with Crippen molar-refractivity contribution < 1.29 is 14.6 Å². The quantitative estimate of drug-likeness (QED) is 0.872. The van der Waals surface area contributed by atoms with Crippen molar-refractivity contribution in [2.24, 2.45) is 0 Å². The summed E-state index contributed by atoms with van der Waals surface area (Å²) in [6, 6.07) is 15.6. The lowest BCUT2D eigenvalue weighted by Gasteiger charge is -2.39. The van der Waals surface area contributed by atoms with Crippen LogP contribution in [0, 0.1) is 0 Å². The number of para-hydroxylation sites is 2. The van der Waals surface area contributed by atoms with Gasteiger partial charge in [-0.2, -0.15) is 0 Å². The van der Waals surface area contributed by atoms with Gasteiger partial charge in [-0.25, -0.2) is 0 Å². The fraction of sp³-hybridized carbons (Fsp3) is 0.222. The van der Waals surface area contributed by atoms with Crippen molar-refractivity contribution in [3.8, 4) is 11.5 Å². The molecule has 0 bridgehead atoms. The van der Waals surface area contributed by atoms with Gasteiger partial charge < -0.3 is 14.6 Å². The predicted octanol–water partition coefficient (Wildman–Crippen LogP) is 3.17. The van der Waals surface area contributed by atoms with E-state index in [1.165, 1.54) is 0 Å². The molecular weight excluding hydrogens is 264 g/mol. The standard InChI is InChI=1S/C18H16O3/c19-18(12-11-14-6-2-4-8-16(14)21-18)17-10-9-13-5-1-3-7-15(13)20-17/h1-10,17,19H,11-12H2. The van der Waals surface area contributed by atoms with Gasteiger partial charge in [-0.1, -0.05) is 42.5 Å². The number of aryl methyl sites for hydroxylation is 1. The van der Waals surface area contributed by atoms with Crippen LogP contribution in [0.25, 0.3) is 6.08 Å². The maximum Gasteiger partial charge on any atom is 0.249 e. The summed E-state index contributed by atoms with van der Waals surface area (Å²) in [7, 11) is 0. The third-order valence-electron chi connectivity index (χ3n) is 4.08. The fourth-order valence-corrected chi connectivity index (χ4v) is 2.90. The maximum absolute atomic E-state index is 10.9. The molecule has 0 amide bonds. The van der Waals surface area contributed by atoms with E-state index >= 15 is 0 Å². The Labute approximate surface area is 123 Å². The second kappa shape index (κ2) is 4.64. The Kier molecular flexibility index (Phi) is 2.76. The smallest absolute Gasteiger partial charge is 0.249 e. The normalized spacial score (nSPS) is 26.2. The van der Waals surface area contributed by atoms with E-state index in [2.05, 4.69) is 0 Å². The average molecular weight is 280 g/mol. The number of ether oxygens (including phenoxy) is 2. The lowest BCUT2D eigenvalue weighted by molar-refractivity contribution is -0.194. The Morgan fingerprint density at radius 3 is 2.67 bits per heavy atom. The Hall–Kier alpha value is -2.26. The molecule has 0 aromatic heterocycles. The van der Waals surface area contributed by atoms with E-state index in [-0.39, 0.29) is 0 Å². The van der Waals surface area contributed by atoms with E-state index in [9.17, 15) is 5.11 Å². The molecule has 0 saturated heterocycles. The largest absolute Gasteiger partial charge is 0.479 e. The first-order chi connectivity index (χ1) is 10.2. The molecule has 21 heavy (non-hydrogen) atoms. The van der Waals surface area contributed by atoms with Crippen molar-refractivity contribution in [2.75, 3.05) is 0 Å². The van der Waals surface area contributed by atoms with E-state index in [1.807, 2.05) is 60.7 Å². The van der Waals surface area contributed by atoms with Crippen molar-refractivity contribution in [1.29, 1.82) is 0 Å². The summed E-state index contributed by atoms with van der Waals surface area (Å²) in [6.45, 7) is 0. The first-order valence-corrected chi connectivity index (χ1v) is 7.18. The highest BCUT2D eigenvalue weighted by Crippen LogP contribution is 2.37. The lowest BCUT2D eigenvalue weighted by Crippen LogP contribution is -2.52. The molecule has 2 unspecified atom stereocenters. The fourth-order valence-electron chi connectivity index (χ4n) is 2.90. The highest BCUT2D eigenvalue weighted by atomic mass is 16.7. The van der Waals surface area contributed by atoms with Crippen molar-refractivity contribution in [3.05, 3.63) is 65.7 Å². The van der Waals surface area contributed by atoms with E-state index in [1.54, 1.807) is 0 Å². The molecule has 3 heteroatoms. The molecule has 0 aliphatic carbocycles. The van der Waals surface area contributed by atoms with E-state index < -0.39 is 11.9 Å². The van der Waals surface area contributed by atoms with Gasteiger partial charge in [0.05, 0.1) is 0 Å². The molecule has 4 rings (SSSR count). The van der Waals surface area contributed by atoms with Gasteiger partial charge in [-0.15, -0.1) is 0 Å². The number of aliphatic hydroxyl groups is 1. The molecular formula is C18H16O3. The predicted molar refractivity (Wildman–Crippen MR) is 80.2 cm³/mol. The average Bonchev–Trinajstić information content (AvgIpc) is 2.54. The Balaban J connectivity index is 1.63. The van der Waals surface area contributed by atoms with Gasteiger partial charge >= 0.3 is 0 Å². The van der Waals surface area contributed by atoms with Crippen LogP contribution >= 0.6 is 0 Å². The van der Waals surface area contributed by atoms with Crippen molar-refractivity contribution in [1.82, 2.24) is 0 Å². The summed E-state index contributed by atoms with van der Waals surface area (Å²) in [4.78, 5) is 0. The number of hydrogen-bond donors (Lipinski definition) is 1. The topological polar surface area (TPSA) is 38.7 Å². The Morgan fingerprint density at radius 2 is 1.76 bits per heavy atom. The minimum absolute atomic E-state index is 0.499. The zero-order valence-corrected chi connectivity index (χ0v) is 11.5. The molecule has 0 saturated carbocycles. The molecule has 2 heterocycles. The van der Waals surface area contributed by atoms with Gasteiger partial charge in [0.1, 0.15) is 11.5 Å². The number of rotatable bonds is 1. The van der Waals surface area contributed by atoms with E-state index in [0.29, 0.717) is 6.42 Å². The van der Waals surface area contributed by atoms with Gasteiger partial charge in [0.2, 0.25) is 5.79 Å². The van der Waals surface area contributed by atoms with E-state index in [4.69, 9.17) is 9.47 Å². The van der Waals surface area contributed by atoms with Crippen LogP contribution in [0.3, 0.4) is 0 Å². The van der Waals surface area contributed by atoms with Gasteiger partial charge in [0, 0.05) is 12.0 Å². The van der Waals surface area contributed by atoms with E-state index in [0.717, 1.165) is 29.0 Å². The second-order valence-electron chi connectivity index (χ2n) is 5.49. The summed E-state index contributed by atoms with van der Waals surface area (Å²) >= 11 is 0. The van der Waals surface area contributed by atoms with Crippen molar-refractivity contribution in [2.45, 2.75) is 24.7 Å². The molecule has 3 nitrogen and oxygen atoms in total. The van der Waals surface area contributed by atoms with Gasteiger partial charge in [-0.3, -0.25) is 0 Å². The first kappa shape index (κ1) is 12.5. The monoisotopic (exact) mass is 280 g/mol. The van der Waals surface area contributed by atoms with Gasteiger partial charge in [0.15, 0.2) is 6.10 Å². The van der Waals surface area contributed by atoms with Crippen LogP contribution in [-0.2, 0) is 6.42 Å². The molecule has 0 fully saturated rings. The van der Waals surface area contributed by atoms with Crippen LogP contribution in [0.4, 0.5) is 0 Å². The third kappa shape index (κ3) is 2.10. The first-order valence-electron chi connectivity index (χ1n) is 7.18. The molecule has 2 atom stereocenters. The van der Waals surface area contributed by atoms with Crippen molar-refractivity contribution in [3.63, 3.8) is 0 Å². The number of benzene rings is 2. The zero-order valence-electron chi connectivity index (χ0n) is 11.5. The van der Waals surface area contributed by atoms with Crippen LogP contribution in [0.5, 0.6) is 11.5 Å². The zero-order chi connectivity index (χ0) is 14.3. The molecule has 2 aliphatic rings. The van der Waals surface area contributed by atoms with Crippen LogP contribution in [0.1, 0.15) is 17.5 Å². The Morgan fingerprint density at radius 1 is 1.00 bits per heavy atom. The highest BCUT2D eigenvalue weighted by Gasteiger charge is 2.43. The maximum atomic E-state index is 10.9. The SMILES string of the molecule is OC1(C2C=Cc3ccccc3O2)CCc2ccccc2O1. The third-order valence-corrected chi connectivity index (χ3v) is 4.08. The summed E-state index contributed by atoms with van der Waals surface area (Å²) in [6.07, 6.45) is 4.64. The molecule has 0 spiro atoms. The van der Waals surface area contributed by atoms with Gasteiger partial charge in [0.25, 0.3) is 0 Å². The van der Waals surface area contributed by atoms with Crippen LogP contribution in [0.2, 0.25) is 0 Å². The summed E-state index contributed by atoms with van der Waals surface area (Å²) < 4.78 is 11.8. The molecule has 0 radical (unpaired) electrons. The summed E-state index contributed by atoms with van der Waals surface area (Å²) in [5, 5.41) is 10.9. The minimum Gasteiger partial charge on any atom is -0.479 e.